The minimum Gasteiger partial charge on any atom is -0.438 e. The Morgan fingerprint density at radius 3 is 2.67 bits per heavy atom. The van der Waals surface area contributed by atoms with Crippen LogP contribution in [0.2, 0.25) is 0 Å². The van der Waals surface area contributed by atoms with E-state index < -0.39 is 0 Å². The van der Waals surface area contributed by atoms with Crippen molar-refractivity contribution in [2.45, 2.75) is 20.3 Å². The summed E-state index contributed by atoms with van der Waals surface area (Å²) in [5.41, 5.74) is 2.13. The largest absolute Gasteiger partial charge is 0.438 e. The van der Waals surface area contributed by atoms with E-state index in [1.165, 1.54) is 11.2 Å². The zero-order chi connectivity index (χ0) is 14.8. The number of thiophene rings is 1. The second-order valence-electron chi connectivity index (χ2n) is 4.72. The summed E-state index contributed by atoms with van der Waals surface area (Å²) in [5, 5.41) is 9.65. The highest BCUT2D eigenvalue weighted by molar-refractivity contribution is 7.18. The summed E-state index contributed by atoms with van der Waals surface area (Å²) in [4.78, 5) is 10.7. The van der Waals surface area contributed by atoms with Crippen LogP contribution in [0.3, 0.4) is 0 Å². The number of nitriles is 1. The average Bonchev–Trinajstić information content (AvgIpc) is 2.78. The summed E-state index contributed by atoms with van der Waals surface area (Å²) < 4.78 is 5.89. The molecule has 0 spiro atoms. The van der Waals surface area contributed by atoms with Crippen molar-refractivity contribution in [2.75, 3.05) is 0 Å². The van der Waals surface area contributed by atoms with E-state index in [1.807, 2.05) is 24.3 Å². The number of nitrogens with zero attached hydrogens (tertiary/aromatic N) is 3. The van der Waals surface area contributed by atoms with Gasteiger partial charge in [0.25, 0.3) is 0 Å². The maximum atomic E-state index is 8.68. The van der Waals surface area contributed by atoms with Crippen LogP contribution in [0.5, 0.6) is 11.6 Å². The molecule has 5 heteroatoms. The van der Waals surface area contributed by atoms with Crippen molar-refractivity contribution in [1.82, 2.24) is 9.97 Å². The predicted octanol–water partition coefficient (Wildman–Crippen LogP) is 4.17. The van der Waals surface area contributed by atoms with Gasteiger partial charge in [0.2, 0.25) is 5.88 Å². The van der Waals surface area contributed by atoms with E-state index in [2.05, 4.69) is 29.9 Å². The quantitative estimate of drug-likeness (QED) is 0.727. The Morgan fingerprint density at radius 1 is 1.19 bits per heavy atom. The third kappa shape index (κ3) is 2.58. The van der Waals surface area contributed by atoms with Gasteiger partial charge in [0.1, 0.15) is 16.9 Å². The Morgan fingerprint density at radius 2 is 1.95 bits per heavy atom. The first kappa shape index (κ1) is 13.5. The van der Waals surface area contributed by atoms with Gasteiger partial charge in [0, 0.05) is 4.88 Å². The molecule has 21 heavy (non-hydrogen) atoms. The summed E-state index contributed by atoms with van der Waals surface area (Å²) in [6, 6.07) is 9.62. The number of hydrogen-bond donors (Lipinski definition) is 0. The number of fused-ring (bicyclic) bond motifs is 1. The average molecular weight is 295 g/mol. The summed E-state index contributed by atoms with van der Waals surface area (Å²) in [5.74, 6) is 1.29. The zero-order valence-corrected chi connectivity index (χ0v) is 12.6. The van der Waals surface area contributed by atoms with E-state index in [0.29, 0.717) is 18.1 Å². The van der Waals surface area contributed by atoms with Crippen LogP contribution in [0, 0.1) is 25.2 Å². The molecule has 0 amide bonds. The first-order valence-electron chi connectivity index (χ1n) is 6.53. The molecule has 0 aliphatic heterocycles. The van der Waals surface area contributed by atoms with Crippen LogP contribution in [-0.4, -0.2) is 9.97 Å². The van der Waals surface area contributed by atoms with Gasteiger partial charge in [-0.2, -0.15) is 5.26 Å². The van der Waals surface area contributed by atoms with Gasteiger partial charge in [-0.1, -0.05) is 12.1 Å². The maximum Gasteiger partial charge on any atom is 0.231 e. The highest BCUT2D eigenvalue weighted by Gasteiger charge is 2.13. The molecule has 0 radical (unpaired) electrons. The van der Waals surface area contributed by atoms with Gasteiger partial charge in [-0.05, 0) is 37.1 Å². The van der Waals surface area contributed by atoms with Gasteiger partial charge in [-0.3, -0.25) is 0 Å². The molecule has 104 valence electrons. The lowest BCUT2D eigenvalue weighted by molar-refractivity contribution is 0.468. The number of aryl methyl sites for hydroxylation is 2. The van der Waals surface area contributed by atoms with Crippen molar-refractivity contribution in [1.29, 1.82) is 5.26 Å². The maximum absolute atomic E-state index is 8.68. The fourth-order valence-electron chi connectivity index (χ4n) is 2.11. The number of aromatic nitrogens is 2. The highest BCUT2D eigenvalue weighted by atomic mass is 32.1. The van der Waals surface area contributed by atoms with E-state index in [-0.39, 0.29) is 0 Å². The van der Waals surface area contributed by atoms with Crippen LogP contribution in [0.4, 0.5) is 0 Å². The second kappa shape index (κ2) is 5.51. The third-order valence-corrected chi connectivity index (χ3v) is 4.47. The van der Waals surface area contributed by atoms with Gasteiger partial charge in [0.15, 0.2) is 0 Å². The fraction of sp³-hybridized carbons (Fsp3) is 0.188. The standard InChI is InChI=1S/C16H13N3OS/c1-10-11(2)21-16-14(10)15(18-9-19-16)20-13-5-3-12(4-6-13)7-8-17/h3-6,9H,7H2,1-2H3. The normalized spacial score (nSPS) is 10.5. The van der Waals surface area contributed by atoms with Crippen LogP contribution in [0.15, 0.2) is 30.6 Å². The van der Waals surface area contributed by atoms with E-state index in [0.717, 1.165) is 21.3 Å². The van der Waals surface area contributed by atoms with E-state index in [1.54, 1.807) is 11.3 Å². The Hall–Kier alpha value is -2.45. The van der Waals surface area contributed by atoms with Crippen LogP contribution in [0.25, 0.3) is 10.2 Å². The molecule has 0 aliphatic carbocycles. The lowest BCUT2D eigenvalue weighted by Gasteiger charge is -2.06. The molecule has 2 heterocycles. The highest BCUT2D eigenvalue weighted by Crippen LogP contribution is 2.35. The molecular formula is C16H13N3OS. The second-order valence-corrected chi connectivity index (χ2v) is 5.93. The first-order chi connectivity index (χ1) is 10.2. The van der Waals surface area contributed by atoms with Crippen molar-refractivity contribution in [3.8, 4) is 17.7 Å². The lowest BCUT2D eigenvalue weighted by atomic mass is 10.2. The van der Waals surface area contributed by atoms with Crippen LogP contribution in [0.1, 0.15) is 16.0 Å². The van der Waals surface area contributed by atoms with E-state index >= 15 is 0 Å². The molecule has 3 aromatic rings. The van der Waals surface area contributed by atoms with Gasteiger partial charge in [-0.25, -0.2) is 9.97 Å². The van der Waals surface area contributed by atoms with E-state index in [4.69, 9.17) is 10.00 Å². The summed E-state index contributed by atoms with van der Waals surface area (Å²) in [6.45, 7) is 4.13. The zero-order valence-electron chi connectivity index (χ0n) is 11.8. The summed E-state index contributed by atoms with van der Waals surface area (Å²) in [7, 11) is 0. The SMILES string of the molecule is Cc1sc2ncnc(Oc3ccc(CC#N)cc3)c2c1C. The molecule has 0 N–H and O–H groups in total. The molecule has 0 unspecified atom stereocenters. The van der Waals surface area contributed by atoms with Gasteiger partial charge >= 0.3 is 0 Å². The topological polar surface area (TPSA) is 58.8 Å². The smallest absolute Gasteiger partial charge is 0.231 e. The predicted molar refractivity (Wildman–Crippen MR) is 82.7 cm³/mol. The molecule has 2 aromatic heterocycles. The van der Waals surface area contributed by atoms with Crippen LogP contribution < -0.4 is 4.74 Å². The van der Waals surface area contributed by atoms with Crippen LogP contribution >= 0.6 is 11.3 Å². The third-order valence-electron chi connectivity index (χ3n) is 3.35. The molecule has 0 atom stereocenters. The Labute approximate surface area is 126 Å². The Bertz CT molecular complexity index is 831. The molecule has 0 aliphatic rings. The molecule has 0 fully saturated rings. The fourth-order valence-corrected chi connectivity index (χ4v) is 3.09. The van der Waals surface area contributed by atoms with Gasteiger partial charge in [-0.15, -0.1) is 11.3 Å². The lowest BCUT2D eigenvalue weighted by Crippen LogP contribution is -1.91. The minimum absolute atomic E-state index is 0.404. The van der Waals surface area contributed by atoms with E-state index in [9.17, 15) is 0 Å². The molecule has 0 saturated heterocycles. The molecule has 0 bridgehead atoms. The molecule has 3 rings (SSSR count). The number of rotatable bonds is 3. The molecule has 4 nitrogen and oxygen atoms in total. The Kier molecular flexibility index (Phi) is 3.55. The number of hydrogen-bond acceptors (Lipinski definition) is 5. The summed E-state index contributed by atoms with van der Waals surface area (Å²) in [6.07, 6.45) is 1.93. The van der Waals surface area contributed by atoms with Gasteiger partial charge < -0.3 is 4.74 Å². The van der Waals surface area contributed by atoms with Crippen molar-refractivity contribution < 1.29 is 4.74 Å². The monoisotopic (exact) mass is 295 g/mol. The Balaban J connectivity index is 1.96. The van der Waals surface area contributed by atoms with Crippen molar-refractivity contribution in [3.05, 3.63) is 46.6 Å². The molecule has 1 aromatic carbocycles. The number of ether oxygens (including phenoxy) is 1. The molecular weight excluding hydrogens is 282 g/mol. The molecule has 0 saturated carbocycles. The first-order valence-corrected chi connectivity index (χ1v) is 7.35. The van der Waals surface area contributed by atoms with Gasteiger partial charge in [0.05, 0.1) is 17.9 Å². The minimum atomic E-state index is 0.404. The van der Waals surface area contributed by atoms with Crippen molar-refractivity contribution in [3.63, 3.8) is 0 Å². The number of benzene rings is 1. The van der Waals surface area contributed by atoms with Crippen molar-refractivity contribution >= 4 is 21.6 Å². The van der Waals surface area contributed by atoms with Crippen molar-refractivity contribution in [2.24, 2.45) is 0 Å². The van der Waals surface area contributed by atoms with Crippen LogP contribution in [-0.2, 0) is 6.42 Å². The summed E-state index contributed by atoms with van der Waals surface area (Å²) >= 11 is 1.65.